The van der Waals surface area contributed by atoms with E-state index in [1.165, 1.54) is 25.7 Å². The largest absolute Gasteiger partial charge is 0.300 e. The predicted molar refractivity (Wildman–Crippen MR) is 69.4 cm³/mol. The smallest absolute Gasteiger partial charge is 0.133 e. The van der Waals surface area contributed by atoms with Crippen molar-refractivity contribution in [3.63, 3.8) is 0 Å². The van der Waals surface area contributed by atoms with Crippen LogP contribution in [0.15, 0.2) is 0 Å². The molecule has 0 aliphatic heterocycles. The number of carbonyl (C=O) groups is 1. The summed E-state index contributed by atoms with van der Waals surface area (Å²) in [4.78, 5) is 11.9. The number of hydrogen-bond donors (Lipinski definition) is 0. The summed E-state index contributed by atoms with van der Waals surface area (Å²) in [6, 6.07) is 0. The van der Waals surface area contributed by atoms with Crippen molar-refractivity contribution in [2.75, 3.05) is 0 Å². The van der Waals surface area contributed by atoms with Gasteiger partial charge in [0.2, 0.25) is 0 Å². The normalized spacial score (nSPS) is 26.8. The molecule has 1 rings (SSSR count). The van der Waals surface area contributed by atoms with Crippen molar-refractivity contribution in [1.29, 1.82) is 0 Å². The SMILES string of the molecule is CC1CCCC(CC(=O)CCC(C)(C)C)C1. The van der Waals surface area contributed by atoms with Crippen molar-refractivity contribution >= 4 is 5.78 Å². The van der Waals surface area contributed by atoms with Crippen molar-refractivity contribution in [2.24, 2.45) is 17.3 Å². The Kier molecular flexibility index (Phi) is 5.01. The molecule has 1 heteroatoms. The zero-order valence-corrected chi connectivity index (χ0v) is 11.5. The van der Waals surface area contributed by atoms with Crippen LogP contribution < -0.4 is 0 Å². The molecule has 1 fully saturated rings. The lowest BCUT2D eigenvalue weighted by Crippen LogP contribution is -2.17. The Hall–Kier alpha value is -0.330. The maximum atomic E-state index is 11.9. The van der Waals surface area contributed by atoms with E-state index in [2.05, 4.69) is 27.7 Å². The first-order chi connectivity index (χ1) is 7.37. The van der Waals surface area contributed by atoms with Crippen molar-refractivity contribution < 1.29 is 4.79 Å². The monoisotopic (exact) mass is 224 g/mol. The highest BCUT2D eigenvalue weighted by Crippen LogP contribution is 2.31. The van der Waals surface area contributed by atoms with Gasteiger partial charge in [-0.05, 0) is 30.1 Å². The van der Waals surface area contributed by atoms with Crippen molar-refractivity contribution in [2.45, 2.75) is 72.6 Å². The van der Waals surface area contributed by atoms with Gasteiger partial charge >= 0.3 is 0 Å². The van der Waals surface area contributed by atoms with E-state index in [1.807, 2.05) is 0 Å². The van der Waals surface area contributed by atoms with Crippen LogP contribution in [0, 0.1) is 17.3 Å². The van der Waals surface area contributed by atoms with E-state index < -0.39 is 0 Å². The summed E-state index contributed by atoms with van der Waals surface area (Å²) in [6.07, 6.45) is 7.93. The van der Waals surface area contributed by atoms with Gasteiger partial charge in [-0.1, -0.05) is 47.0 Å². The zero-order chi connectivity index (χ0) is 12.2. The van der Waals surface area contributed by atoms with Crippen molar-refractivity contribution in [3.05, 3.63) is 0 Å². The van der Waals surface area contributed by atoms with E-state index in [9.17, 15) is 4.79 Å². The first-order valence-electron chi connectivity index (χ1n) is 6.88. The molecule has 1 saturated carbocycles. The molecule has 0 radical (unpaired) electrons. The van der Waals surface area contributed by atoms with E-state index in [1.54, 1.807) is 0 Å². The fourth-order valence-corrected chi connectivity index (χ4v) is 2.68. The third-order valence-electron chi connectivity index (χ3n) is 3.72. The summed E-state index contributed by atoms with van der Waals surface area (Å²) in [5, 5.41) is 0. The van der Waals surface area contributed by atoms with Gasteiger partial charge in [0.1, 0.15) is 5.78 Å². The fraction of sp³-hybridized carbons (Fsp3) is 0.933. The zero-order valence-electron chi connectivity index (χ0n) is 11.5. The Labute approximate surface area is 101 Å². The average molecular weight is 224 g/mol. The number of rotatable bonds is 4. The van der Waals surface area contributed by atoms with Crippen LogP contribution >= 0.6 is 0 Å². The molecule has 1 aliphatic carbocycles. The summed E-state index contributed by atoms with van der Waals surface area (Å²) in [5.41, 5.74) is 0.301. The Morgan fingerprint density at radius 1 is 1.25 bits per heavy atom. The van der Waals surface area contributed by atoms with Crippen LogP contribution in [-0.2, 0) is 4.79 Å². The highest BCUT2D eigenvalue weighted by Gasteiger charge is 2.22. The Bertz CT molecular complexity index is 224. The second-order valence-corrected chi connectivity index (χ2v) is 6.94. The van der Waals surface area contributed by atoms with Crippen LogP contribution in [0.3, 0.4) is 0 Å². The van der Waals surface area contributed by atoms with Gasteiger partial charge in [0.05, 0.1) is 0 Å². The topological polar surface area (TPSA) is 17.1 Å². The van der Waals surface area contributed by atoms with Gasteiger partial charge in [0, 0.05) is 12.8 Å². The average Bonchev–Trinajstić information content (AvgIpc) is 2.14. The molecule has 16 heavy (non-hydrogen) atoms. The highest BCUT2D eigenvalue weighted by atomic mass is 16.1. The molecule has 0 amide bonds. The Balaban J connectivity index is 2.23. The maximum Gasteiger partial charge on any atom is 0.133 e. The molecule has 0 N–H and O–H groups in total. The molecule has 1 aliphatic rings. The van der Waals surface area contributed by atoms with Crippen LogP contribution in [0.1, 0.15) is 72.6 Å². The second-order valence-electron chi connectivity index (χ2n) is 6.94. The van der Waals surface area contributed by atoms with Crippen LogP contribution in [-0.4, -0.2) is 5.78 Å². The number of hydrogen-bond acceptors (Lipinski definition) is 1. The van der Waals surface area contributed by atoms with Gasteiger partial charge < -0.3 is 0 Å². The Morgan fingerprint density at radius 3 is 2.50 bits per heavy atom. The standard InChI is InChI=1S/C15H28O/c1-12-6-5-7-13(10-12)11-14(16)8-9-15(2,3)4/h12-13H,5-11H2,1-4H3. The third kappa shape index (κ3) is 5.67. The highest BCUT2D eigenvalue weighted by molar-refractivity contribution is 5.78. The molecule has 94 valence electrons. The fourth-order valence-electron chi connectivity index (χ4n) is 2.68. The van der Waals surface area contributed by atoms with E-state index >= 15 is 0 Å². The summed E-state index contributed by atoms with van der Waals surface area (Å²) >= 11 is 0. The van der Waals surface area contributed by atoms with Gasteiger partial charge in [0.15, 0.2) is 0 Å². The Morgan fingerprint density at radius 2 is 1.94 bits per heavy atom. The number of carbonyl (C=O) groups excluding carboxylic acids is 1. The minimum Gasteiger partial charge on any atom is -0.300 e. The number of ketones is 1. The van der Waals surface area contributed by atoms with Gasteiger partial charge in [-0.15, -0.1) is 0 Å². The van der Waals surface area contributed by atoms with E-state index in [-0.39, 0.29) is 0 Å². The third-order valence-corrected chi connectivity index (χ3v) is 3.72. The van der Waals surface area contributed by atoms with Crippen molar-refractivity contribution in [3.8, 4) is 0 Å². The molecule has 2 unspecified atom stereocenters. The summed E-state index contributed by atoms with van der Waals surface area (Å²) in [5.74, 6) is 2.03. The van der Waals surface area contributed by atoms with E-state index in [0.29, 0.717) is 17.1 Å². The predicted octanol–water partition coefficient (Wildman–Crippen LogP) is 4.60. The first kappa shape index (κ1) is 13.7. The van der Waals surface area contributed by atoms with Crippen LogP contribution in [0.25, 0.3) is 0 Å². The molecule has 2 atom stereocenters. The van der Waals surface area contributed by atoms with Gasteiger partial charge in [-0.3, -0.25) is 4.79 Å². The van der Waals surface area contributed by atoms with Crippen LogP contribution in [0.5, 0.6) is 0 Å². The first-order valence-corrected chi connectivity index (χ1v) is 6.88. The van der Waals surface area contributed by atoms with Gasteiger partial charge in [0.25, 0.3) is 0 Å². The van der Waals surface area contributed by atoms with E-state index in [4.69, 9.17) is 0 Å². The van der Waals surface area contributed by atoms with Crippen LogP contribution in [0.2, 0.25) is 0 Å². The van der Waals surface area contributed by atoms with Gasteiger partial charge in [-0.25, -0.2) is 0 Å². The molecule has 0 heterocycles. The number of Topliss-reactive ketones (excluding diaryl/α,β-unsaturated/α-hetero) is 1. The molecule has 0 saturated heterocycles. The lowest BCUT2D eigenvalue weighted by Gasteiger charge is -2.26. The van der Waals surface area contributed by atoms with Crippen molar-refractivity contribution in [1.82, 2.24) is 0 Å². The molecular formula is C15H28O. The molecule has 0 aromatic rings. The summed E-state index contributed by atoms with van der Waals surface area (Å²) < 4.78 is 0. The minimum atomic E-state index is 0.301. The lowest BCUT2D eigenvalue weighted by atomic mass is 9.79. The van der Waals surface area contributed by atoms with Crippen LogP contribution in [0.4, 0.5) is 0 Å². The molecule has 0 aromatic heterocycles. The quantitative estimate of drug-likeness (QED) is 0.682. The summed E-state index contributed by atoms with van der Waals surface area (Å²) in [6.45, 7) is 8.96. The minimum absolute atomic E-state index is 0.301. The molecular weight excluding hydrogens is 196 g/mol. The molecule has 1 nitrogen and oxygen atoms in total. The maximum absolute atomic E-state index is 11.9. The molecule has 0 bridgehead atoms. The lowest BCUT2D eigenvalue weighted by molar-refractivity contribution is -0.120. The summed E-state index contributed by atoms with van der Waals surface area (Å²) in [7, 11) is 0. The molecule has 0 spiro atoms. The second kappa shape index (κ2) is 5.84. The van der Waals surface area contributed by atoms with E-state index in [0.717, 1.165) is 25.2 Å². The van der Waals surface area contributed by atoms with Gasteiger partial charge in [-0.2, -0.15) is 0 Å². The molecule has 0 aromatic carbocycles.